The summed E-state index contributed by atoms with van der Waals surface area (Å²) in [6.07, 6.45) is 0. The number of anilines is 12. The van der Waals surface area contributed by atoms with Crippen molar-refractivity contribution in [3.8, 4) is 23.0 Å². The van der Waals surface area contributed by atoms with Crippen LogP contribution < -0.4 is 38.5 Å². The van der Waals surface area contributed by atoms with Gasteiger partial charge in [-0.1, -0.05) is 24.3 Å². The highest BCUT2D eigenvalue weighted by molar-refractivity contribution is 5.95. The van der Waals surface area contributed by atoms with Crippen LogP contribution in [0, 0.1) is 0 Å². The van der Waals surface area contributed by atoms with E-state index in [1.54, 1.807) is 28.4 Å². The topological polar surface area (TPSA) is 49.9 Å². The zero-order valence-electron chi connectivity index (χ0n) is 33.9. The Bertz CT molecular complexity index is 2310. The summed E-state index contributed by atoms with van der Waals surface area (Å²) < 4.78 is 22.4. The average Bonchev–Trinajstić information content (AvgIpc) is 3.32. The maximum Gasteiger partial charge on any atom is 0.119 e. The summed E-state index contributed by atoms with van der Waals surface area (Å²) in [5.41, 5.74) is 11.8. The van der Waals surface area contributed by atoms with Gasteiger partial charge in [-0.25, -0.2) is 0 Å². The minimum absolute atomic E-state index is 0.786. The van der Waals surface area contributed by atoms with E-state index in [4.69, 9.17) is 18.9 Å². The summed E-state index contributed by atoms with van der Waals surface area (Å²) in [6.45, 7) is 0. The van der Waals surface area contributed by atoms with Gasteiger partial charge in [0, 0.05) is 45.5 Å². The zero-order chi connectivity index (χ0) is 41.0. The summed E-state index contributed by atoms with van der Waals surface area (Å²) in [4.78, 5) is 9.19. The van der Waals surface area contributed by atoms with Crippen molar-refractivity contribution in [1.82, 2.24) is 0 Å². The van der Waals surface area contributed by atoms with Gasteiger partial charge in [0.25, 0.3) is 0 Å². The molecule has 0 spiro atoms. The monoisotopic (exact) mass is 788 g/mol. The van der Waals surface area contributed by atoms with Crippen molar-refractivity contribution < 1.29 is 18.9 Å². The van der Waals surface area contributed by atoms with E-state index in [-0.39, 0.29) is 0 Å². The highest BCUT2D eigenvalue weighted by atomic mass is 16.5. The summed E-state index contributed by atoms with van der Waals surface area (Å²) in [6, 6.07) is 67.4. The number of para-hydroxylation sites is 4. The highest BCUT2D eigenvalue weighted by Crippen LogP contribution is 2.50. The third-order valence-electron chi connectivity index (χ3n) is 10.8. The van der Waals surface area contributed by atoms with Gasteiger partial charge in [-0.3, -0.25) is 0 Å². The summed E-state index contributed by atoms with van der Waals surface area (Å²) in [7, 11) is 6.76. The first-order valence-electron chi connectivity index (χ1n) is 19.7. The number of nitrogens with zero attached hydrogens (tertiary/aromatic N) is 4. The quantitative estimate of drug-likeness (QED) is 0.151. The lowest BCUT2D eigenvalue weighted by Gasteiger charge is -2.35. The van der Waals surface area contributed by atoms with Crippen molar-refractivity contribution in [3.63, 3.8) is 0 Å². The third kappa shape index (κ3) is 7.16. The predicted octanol–water partition coefficient (Wildman–Crippen LogP) is 13.9. The maximum absolute atomic E-state index is 5.60. The lowest BCUT2D eigenvalue weighted by atomic mass is 10.1. The fraction of sp³-hybridized carbons (Fsp3) is 0.0769. The molecule has 296 valence electrons. The maximum atomic E-state index is 5.60. The van der Waals surface area contributed by atoms with Crippen molar-refractivity contribution in [2.24, 2.45) is 0 Å². The molecule has 60 heavy (non-hydrogen) atoms. The van der Waals surface area contributed by atoms with Crippen LogP contribution in [0.4, 0.5) is 68.2 Å². The number of methoxy groups -OCH3 is 4. The van der Waals surface area contributed by atoms with Crippen molar-refractivity contribution in [2.75, 3.05) is 48.0 Å². The molecule has 0 amide bonds. The SMILES string of the molecule is COc1ccc(N2c3ccc(cc3)N(c3ccc(OC)cc3)c3ccccc3N(c3ccc(OC)cc3)c3ccc(cc3)N(c3ccc(OC)cc3)c3ccccc32)cc1. The molecule has 0 unspecified atom stereocenters. The second-order valence-electron chi connectivity index (χ2n) is 14.1. The molecular formula is C52H44N4O4. The highest BCUT2D eigenvalue weighted by Gasteiger charge is 2.26. The number of benzene rings is 8. The molecule has 0 radical (unpaired) electrons. The van der Waals surface area contributed by atoms with Crippen LogP contribution in [0.2, 0.25) is 0 Å². The van der Waals surface area contributed by atoms with Crippen molar-refractivity contribution in [1.29, 1.82) is 0 Å². The molecule has 8 aromatic rings. The molecule has 0 saturated heterocycles. The molecule has 0 N–H and O–H groups in total. The normalized spacial score (nSPS) is 12.2. The van der Waals surface area contributed by atoms with E-state index < -0.39 is 0 Å². The molecule has 4 bridgehead atoms. The van der Waals surface area contributed by atoms with E-state index in [1.807, 2.05) is 48.5 Å². The second kappa shape index (κ2) is 16.6. The molecule has 8 heteroatoms. The van der Waals surface area contributed by atoms with Gasteiger partial charge < -0.3 is 38.5 Å². The smallest absolute Gasteiger partial charge is 0.119 e. The van der Waals surface area contributed by atoms with Crippen molar-refractivity contribution >= 4 is 68.2 Å². The largest absolute Gasteiger partial charge is 0.497 e. The Hall–Kier alpha value is -7.84. The molecule has 4 heterocycles. The molecule has 0 saturated carbocycles. The van der Waals surface area contributed by atoms with Crippen LogP contribution in [0.1, 0.15) is 0 Å². The van der Waals surface area contributed by atoms with E-state index in [0.717, 1.165) is 91.2 Å². The van der Waals surface area contributed by atoms with Gasteiger partial charge in [0.1, 0.15) is 23.0 Å². The molecule has 8 aromatic carbocycles. The minimum atomic E-state index is 0.786. The molecule has 8 nitrogen and oxygen atoms in total. The van der Waals surface area contributed by atoms with Gasteiger partial charge in [0.05, 0.1) is 51.2 Å². The van der Waals surface area contributed by atoms with Gasteiger partial charge in [0.15, 0.2) is 0 Å². The van der Waals surface area contributed by atoms with Crippen LogP contribution in [0.3, 0.4) is 0 Å². The Labute approximate surface area is 351 Å². The lowest BCUT2D eigenvalue weighted by Crippen LogP contribution is -2.19. The fourth-order valence-electron chi connectivity index (χ4n) is 7.82. The lowest BCUT2D eigenvalue weighted by molar-refractivity contribution is 0.414. The van der Waals surface area contributed by atoms with Gasteiger partial charge in [-0.15, -0.1) is 0 Å². The first kappa shape index (κ1) is 37.7. The van der Waals surface area contributed by atoms with Gasteiger partial charge in [0.2, 0.25) is 0 Å². The summed E-state index contributed by atoms with van der Waals surface area (Å²) >= 11 is 0. The number of ether oxygens (including phenoxy) is 4. The Morgan fingerprint density at radius 1 is 0.217 bits per heavy atom. The van der Waals surface area contributed by atoms with Crippen LogP contribution in [0.5, 0.6) is 23.0 Å². The standard InChI is InChI=1S/C52H44N4O4/c1-57-45-29-21-41(22-30-45)53-37-13-15-38(16-14-37)55(43-25-33-47(59-3)34-26-43)51-11-7-8-12-52(51)56(44-27-35-48(60-4)36-28-44)40-19-17-39(18-20-40)54(50-10-6-5-9-49(50)53)42-23-31-46(58-2)32-24-42/h5-36H,1-4H3. The predicted molar refractivity (Wildman–Crippen MR) is 245 cm³/mol. The molecule has 0 aliphatic carbocycles. The molecule has 0 aromatic heterocycles. The van der Waals surface area contributed by atoms with E-state index in [0.29, 0.717) is 0 Å². The molecule has 0 fully saturated rings. The molecule has 4 aliphatic rings. The zero-order valence-corrected chi connectivity index (χ0v) is 33.9. The van der Waals surface area contributed by atoms with Crippen LogP contribution in [0.15, 0.2) is 194 Å². The first-order chi connectivity index (χ1) is 29.6. The number of rotatable bonds is 8. The van der Waals surface area contributed by atoms with Gasteiger partial charge >= 0.3 is 0 Å². The number of hydrogen-bond donors (Lipinski definition) is 0. The Balaban J connectivity index is 1.34. The Kier molecular flexibility index (Phi) is 10.4. The number of hydrogen-bond acceptors (Lipinski definition) is 8. The molecule has 0 atom stereocenters. The summed E-state index contributed by atoms with van der Waals surface area (Å²) in [5.74, 6) is 3.15. The van der Waals surface area contributed by atoms with Crippen LogP contribution >= 0.6 is 0 Å². The van der Waals surface area contributed by atoms with Crippen LogP contribution in [-0.2, 0) is 0 Å². The minimum Gasteiger partial charge on any atom is -0.497 e. The van der Waals surface area contributed by atoms with E-state index >= 15 is 0 Å². The van der Waals surface area contributed by atoms with Crippen molar-refractivity contribution in [2.45, 2.75) is 0 Å². The van der Waals surface area contributed by atoms with E-state index in [9.17, 15) is 0 Å². The van der Waals surface area contributed by atoms with E-state index in [2.05, 4.69) is 165 Å². The van der Waals surface area contributed by atoms with Gasteiger partial charge in [-0.05, 0) is 170 Å². The molecule has 12 rings (SSSR count). The Morgan fingerprint density at radius 2 is 0.367 bits per heavy atom. The van der Waals surface area contributed by atoms with Gasteiger partial charge in [-0.2, -0.15) is 0 Å². The second-order valence-corrected chi connectivity index (χ2v) is 14.1. The molecular weight excluding hydrogens is 745 g/mol. The van der Waals surface area contributed by atoms with Crippen LogP contribution in [-0.4, -0.2) is 28.4 Å². The van der Waals surface area contributed by atoms with E-state index in [1.165, 1.54) is 0 Å². The Morgan fingerprint density at radius 3 is 0.517 bits per heavy atom. The average molecular weight is 789 g/mol. The molecule has 4 aliphatic heterocycles. The third-order valence-corrected chi connectivity index (χ3v) is 10.8. The fourth-order valence-corrected chi connectivity index (χ4v) is 7.82. The van der Waals surface area contributed by atoms with Crippen molar-refractivity contribution in [3.05, 3.63) is 194 Å². The summed E-state index contributed by atoms with van der Waals surface area (Å²) in [5, 5.41) is 0. The van der Waals surface area contributed by atoms with Crippen LogP contribution in [0.25, 0.3) is 0 Å². The first-order valence-corrected chi connectivity index (χ1v) is 19.7.